The highest BCUT2D eigenvalue weighted by molar-refractivity contribution is 7.91. The van der Waals surface area contributed by atoms with Crippen LogP contribution in [0.5, 0.6) is 0 Å². The van der Waals surface area contributed by atoms with Crippen molar-refractivity contribution in [3.63, 3.8) is 0 Å². The van der Waals surface area contributed by atoms with Gasteiger partial charge in [0.2, 0.25) is 5.91 Å². The Bertz CT molecular complexity index is 807. The minimum atomic E-state index is -3.50. The summed E-state index contributed by atoms with van der Waals surface area (Å²) in [5, 5.41) is 0. The molecule has 1 aromatic rings. The molecule has 1 amide bonds. The van der Waals surface area contributed by atoms with Crippen LogP contribution in [0.4, 0.5) is 0 Å². The van der Waals surface area contributed by atoms with Gasteiger partial charge in [-0.15, -0.1) is 0 Å². The van der Waals surface area contributed by atoms with Gasteiger partial charge in [0.05, 0.1) is 22.7 Å². The number of amides is 1. The largest absolute Gasteiger partial charge is 0.466 e. The van der Waals surface area contributed by atoms with Gasteiger partial charge >= 0.3 is 5.97 Å². The van der Waals surface area contributed by atoms with Crippen molar-refractivity contribution in [3.05, 3.63) is 30.3 Å². The smallest absolute Gasteiger partial charge is 0.314 e. The van der Waals surface area contributed by atoms with E-state index in [1.165, 1.54) is 0 Å². The van der Waals surface area contributed by atoms with Crippen molar-refractivity contribution in [2.45, 2.75) is 62.9 Å². The van der Waals surface area contributed by atoms with Crippen LogP contribution in [-0.2, 0) is 24.2 Å². The Kier molecular flexibility index (Phi) is 5.60. The number of esters is 1. The van der Waals surface area contributed by atoms with Crippen LogP contribution in [-0.4, -0.2) is 49.6 Å². The maximum absolute atomic E-state index is 12.9. The fourth-order valence-corrected chi connectivity index (χ4v) is 5.93. The van der Waals surface area contributed by atoms with Crippen molar-refractivity contribution in [2.75, 3.05) is 12.4 Å². The van der Waals surface area contributed by atoms with Crippen molar-refractivity contribution in [2.24, 2.45) is 5.41 Å². The van der Waals surface area contributed by atoms with Gasteiger partial charge in [0.15, 0.2) is 9.84 Å². The third-order valence-electron chi connectivity index (χ3n) is 6.03. The van der Waals surface area contributed by atoms with Crippen LogP contribution in [0, 0.1) is 5.41 Å². The van der Waals surface area contributed by atoms with E-state index in [1.807, 2.05) is 6.92 Å². The number of sulfone groups is 1. The summed E-state index contributed by atoms with van der Waals surface area (Å²) in [6, 6.07) is 8.01. The van der Waals surface area contributed by atoms with Crippen LogP contribution in [0.15, 0.2) is 35.2 Å². The summed E-state index contributed by atoms with van der Waals surface area (Å²) in [6.45, 7) is 4.06. The number of hydrogen-bond acceptors (Lipinski definition) is 5. The molecule has 3 atom stereocenters. The zero-order chi connectivity index (χ0) is 19.7. The minimum absolute atomic E-state index is 0.00582. The lowest BCUT2D eigenvalue weighted by molar-refractivity contribution is -0.158. The zero-order valence-electron chi connectivity index (χ0n) is 15.9. The number of fused-ring (bicyclic) bond motifs is 2. The van der Waals surface area contributed by atoms with E-state index < -0.39 is 15.3 Å². The number of carbonyl (C=O) groups is 2. The van der Waals surface area contributed by atoms with Gasteiger partial charge in [-0.25, -0.2) is 8.42 Å². The molecule has 148 valence electrons. The van der Waals surface area contributed by atoms with Crippen molar-refractivity contribution >= 4 is 21.7 Å². The van der Waals surface area contributed by atoms with Crippen molar-refractivity contribution in [1.29, 1.82) is 0 Å². The summed E-state index contributed by atoms with van der Waals surface area (Å²) < 4.78 is 30.2. The molecule has 0 saturated carbocycles. The second-order valence-corrected chi connectivity index (χ2v) is 9.47. The Hall–Kier alpha value is -1.89. The van der Waals surface area contributed by atoms with Gasteiger partial charge < -0.3 is 9.64 Å². The molecule has 2 aliphatic heterocycles. The Balaban J connectivity index is 1.72. The summed E-state index contributed by atoms with van der Waals surface area (Å²) in [5.41, 5.74) is -0.646. The van der Waals surface area contributed by atoms with E-state index in [4.69, 9.17) is 4.74 Å². The molecular weight excluding hydrogens is 366 g/mol. The van der Waals surface area contributed by atoms with E-state index >= 15 is 0 Å². The molecule has 27 heavy (non-hydrogen) atoms. The van der Waals surface area contributed by atoms with Gasteiger partial charge in [0.25, 0.3) is 0 Å². The average Bonchev–Trinajstić information content (AvgIpc) is 3.23. The highest BCUT2D eigenvalue weighted by atomic mass is 32.2. The average molecular weight is 394 g/mol. The fraction of sp³-hybridized carbons (Fsp3) is 0.600. The predicted octanol–water partition coefficient (Wildman–Crippen LogP) is 2.57. The van der Waals surface area contributed by atoms with Crippen LogP contribution >= 0.6 is 0 Å². The number of rotatable bonds is 7. The van der Waals surface area contributed by atoms with Gasteiger partial charge in [-0.3, -0.25) is 9.59 Å². The molecule has 0 N–H and O–H groups in total. The molecule has 0 aromatic heterocycles. The summed E-state index contributed by atoms with van der Waals surface area (Å²) in [6.07, 6.45) is 2.81. The first kappa shape index (κ1) is 19.9. The Morgan fingerprint density at radius 2 is 1.89 bits per heavy atom. The first-order valence-electron chi connectivity index (χ1n) is 9.62. The van der Waals surface area contributed by atoms with E-state index in [2.05, 4.69) is 0 Å². The molecule has 1 aromatic carbocycles. The second-order valence-electron chi connectivity index (χ2n) is 7.36. The Morgan fingerprint density at radius 1 is 1.19 bits per heavy atom. The lowest BCUT2D eigenvalue weighted by Gasteiger charge is -2.34. The quantitative estimate of drug-likeness (QED) is 0.665. The summed E-state index contributed by atoms with van der Waals surface area (Å²) >= 11 is 0. The summed E-state index contributed by atoms with van der Waals surface area (Å²) in [7, 11) is -3.50. The minimum Gasteiger partial charge on any atom is -0.466 e. The third-order valence-corrected chi connectivity index (χ3v) is 7.76. The maximum Gasteiger partial charge on any atom is 0.314 e. The topological polar surface area (TPSA) is 80.8 Å². The molecule has 0 aliphatic carbocycles. The standard InChI is InChI=1S/C20H27NO5S/c1-3-20(19(23)26-4-2)14-15-10-11-17(20)21(15)18(22)12-13-27(24,25)16-8-6-5-7-9-16/h5-9,15,17H,3-4,10-14H2,1-2H3/t15-,17+,20+/m1/s1. The molecule has 2 heterocycles. The first-order chi connectivity index (χ1) is 12.9. The summed E-state index contributed by atoms with van der Waals surface area (Å²) in [4.78, 5) is 27.5. The molecule has 2 aliphatic rings. The summed E-state index contributed by atoms with van der Waals surface area (Å²) in [5.74, 6) is -0.624. The van der Waals surface area contributed by atoms with Crippen molar-refractivity contribution in [1.82, 2.24) is 4.90 Å². The fourth-order valence-electron chi connectivity index (χ4n) is 4.67. The number of ether oxygens (including phenoxy) is 1. The monoisotopic (exact) mass is 393 g/mol. The molecule has 2 fully saturated rings. The van der Waals surface area contributed by atoms with E-state index in [1.54, 1.807) is 42.2 Å². The predicted molar refractivity (Wildman–Crippen MR) is 101 cm³/mol. The molecule has 0 radical (unpaired) electrons. The van der Waals surface area contributed by atoms with E-state index in [9.17, 15) is 18.0 Å². The van der Waals surface area contributed by atoms with Crippen LogP contribution in [0.1, 0.15) is 46.0 Å². The van der Waals surface area contributed by atoms with Gasteiger partial charge in [-0.1, -0.05) is 25.1 Å². The SMILES string of the molecule is CCOC(=O)[C@@]1(CC)C[C@H]2CC[C@@H]1N2C(=O)CCS(=O)(=O)c1ccccc1. The van der Waals surface area contributed by atoms with Crippen LogP contribution < -0.4 is 0 Å². The van der Waals surface area contributed by atoms with Gasteiger partial charge in [-0.05, 0) is 44.7 Å². The highest BCUT2D eigenvalue weighted by Gasteiger charge is 2.60. The molecule has 6 nitrogen and oxygen atoms in total. The maximum atomic E-state index is 12.9. The highest BCUT2D eigenvalue weighted by Crippen LogP contribution is 2.52. The molecule has 2 bridgehead atoms. The molecule has 2 saturated heterocycles. The molecule has 0 spiro atoms. The number of carbonyl (C=O) groups excluding carboxylic acids is 2. The van der Waals surface area contributed by atoms with Crippen LogP contribution in [0.2, 0.25) is 0 Å². The normalized spacial score (nSPS) is 27.0. The second kappa shape index (κ2) is 7.62. The Labute approximate surface area is 160 Å². The number of benzene rings is 1. The third kappa shape index (κ3) is 3.49. The molecule has 7 heteroatoms. The zero-order valence-corrected chi connectivity index (χ0v) is 16.7. The van der Waals surface area contributed by atoms with Crippen LogP contribution in [0.3, 0.4) is 0 Å². The van der Waals surface area contributed by atoms with Crippen molar-refractivity contribution < 1.29 is 22.7 Å². The Morgan fingerprint density at radius 3 is 2.52 bits per heavy atom. The van der Waals surface area contributed by atoms with Gasteiger partial charge in [0.1, 0.15) is 0 Å². The van der Waals surface area contributed by atoms with E-state index in [0.29, 0.717) is 19.4 Å². The van der Waals surface area contributed by atoms with E-state index in [0.717, 1.165) is 12.8 Å². The van der Waals surface area contributed by atoms with Crippen molar-refractivity contribution in [3.8, 4) is 0 Å². The van der Waals surface area contributed by atoms with Gasteiger partial charge in [0, 0.05) is 18.5 Å². The molecule has 3 rings (SSSR count). The molecular formula is C20H27NO5S. The number of nitrogens with zero attached hydrogens (tertiary/aromatic N) is 1. The lowest BCUT2D eigenvalue weighted by Crippen LogP contribution is -2.45. The number of hydrogen-bond donors (Lipinski definition) is 0. The molecule has 0 unspecified atom stereocenters. The van der Waals surface area contributed by atoms with Gasteiger partial charge in [-0.2, -0.15) is 0 Å². The van der Waals surface area contributed by atoms with Crippen LogP contribution in [0.25, 0.3) is 0 Å². The van der Waals surface area contributed by atoms with E-state index in [-0.39, 0.29) is 41.0 Å². The lowest BCUT2D eigenvalue weighted by atomic mass is 9.72. The first-order valence-corrected chi connectivity index (χ1v) is 11.3.